The van der Waals surface area contributed by atoms with Crippen LogP contribution < -0.4 is 10.6 Å². The van der Waals surface area contributed by atoms with E-state index >= 15 is 0 Å². The van der Waals surface area contributed by atoms with Gasteiger partial charge in [0.1, 0.15) is 0 Å². The lowest BCUT2D eigenvalue weighted by molar-refractivity contribution is -0.138. The number of nitrogens with zero attached hydrogens (tertiary/aromatic N) is 1. The van der Waals surface area contributed by atoms with Crippen LogP contribution in [0, 0.1) is 0 Å². The van der Waals surface area contributed by atoms with Crippen LogP contribution in [-0.4, -0.2) is 16.1 Å². The fourth-order valence-corrected chi connectivity index (χ4v) is 1.44. The van der Waals surface area contributed by atoms with Crippen molar-refractivity contribution in [3.8, 4) is 0 Å². The summed E-state index contributed by atoms with van der Waals surface area (Å²) in [6.45, 7) is 0. The molecule has 13 heavy (non-hydrogen) atoms. The van der Waals surface area contributed by atoms with E-state index in [0.717, 1.165) is 5.22 Å². The Morgan fingerprint density at radius 2 is 2.15 bits per heavy atom. The van der Waals surface area contributed by atoms with Gasteiger partial charge in [-0.1, -0.05) is 29.8 Å². The Bertz CT molecular complexity index is 446. The normalized spacial score (nSPS) is 24.4. The van der Waals surface area contributed by atoms with E-state index in [1.807, 2.05) is 6.07 Å². The van der Waals surface area contributed by atoms with Crippen LogP contribution in [0.25, 0.3) is 6.08 Å². The van der Waals surface area contributed by atoms with Crippen LogP contribution in [0.2, 0.25) is 0 Å². The lowest BCUT2D eigenvalue weighted by Gasteiger charge is -2.07. The summed E-state index contributed by atoms with van der Waals surface area (Å²) in [6, 6.07) is 7.13. The number of rotatable bonds is 1. The van der Waals surface area contributed by atoms with Gasteiger partial charge in [-0.3, -0.25) is 0 Å². The Labute approximate surface area is 79.0 Å². The Morgan fingerprint density at radius 1 is 1.46 bits per heavy atom. The minimum Gasteiger partial charge on any atom is -0.478 e. The van der Waals surface area contributed by atoms with Crippen LogP contribution in [0.5, 0.6) is 0 Å². The molecule has 0 aliphatic carbocycles. The van der Waals surface area contributed by atoms with Gasteiger partial charge in [0, 0.05) is 5.22 Å². The Kier molecular flexibility index (Phi) is 1.63. The number of aliphatic carboxylic acids is 1. The Balaban J connectivity index is 2.70. The van der Waals surface area contributed by atoms with Crippen molar-refractivity contribution >= 4 is 23.6 Å². The van der Waals surface area contributed by atoms with Crippen LogP contribution in [0.15, 0.2) is 29.3 Å². The first-order valence-corrected chi connectivity index (χ1v) is 4.10. The summed E-state index contributed by atoms with van der Waals surface area (Å²) >= 11 is 5.75. The summed E-state index contributed by atoms with van der Waals surface area (Å²) in [4.78, 5) is 13.0. The molecular weight excluding hydrogens is 190 g/mol. The molecular formula is C9H6ClNO2. The standard InChI is InChI=1S/C9H6ClNO2/c10-9(8(12)13)5-6-3-1-2-4-7(6)11-9/h1-5H,(H,12,13). The highest BCUT2D eigenvalue weighted by atomic mass is 35.5. The number of alkyl halides is 1. The minimum absolute atomic E-state index is 0.625. The second-order valence-electron chi connectivity index (χ2n) is 2.79. The van der Waals surface area contributed by atoms with Gasteiger partial charge in [0.15, 0.2) is 0 Å². The summed E-state index contributed by atoms with van der Waals surface area (Å²) < 4.78 is 0. The number of hydrogen-bond donors (Lipinski definition) is 1. The van der Waals surface area contributed by atoms with E-state index in [9.17, 15) is 4.79 Å². The van der Waals surface area contributed by atoms with Crippen molar-refractivity contribution < 1.29 is 9.90 Å². The van der Waals surface area contributed by atoms with Crippen molar-refractivity contribution in [2.24, 2.45) is 4.99 Å². The molecule has 1 N–H and O–H groups in total. The monoisotopic (exact) mass is 195 g/mol. The maximum atomic E-state index is 10.7. The van der Waals surface area contributed by atoms with Crippen molar-refractivity contribution in [2.45, 2.75) is 5.00 Å². The lowest BCUT2D eigenvalue weighted by atomic mass is 10.2. The number of carboxylic acids is 1. The van der Waals surface area contributed by atoms with Crippen LogP contribution in [0.3, 0.4) is 0 Å². The average Bonchev–Trinajstić information content (AvgIpc) is 2.42. The molecule has 0 spiro atoms. The summed E-state index contributed by atoms with van der Waals surface area (Å²) in [7, 11) is 0. The number of halogens is 1. The molecule has 2 rings (SSSR count). The molecule has 1 aliphatic heterocycles. The molecule has 0 bridgehead atoms. The van der Waals surface area contributed by atoms with Crippen molar-refractivity contribution in [3.05, 3.63) is 34.8 Å². The fraction of sp³-hybridized carbons (Fsp3) is 0.111. The third-order valence-corrected chi connectivity index (χ3v) is 2.22. The highest BCUT2D eigenvalue weighted by Crippen LogP contribution is 2.20. The molecule has 66 valence electrons. The Morgan fingerprint density at radius 3 is 2.77 bits per heavy atom. The first-order chi connectivity index (χ1) is 6.12. The molecule has 0 saturated heterocycles. The molecule has 0 saturated carbocycles. The van der Waals surface area contributed by atoms with Gasteiger partial charge in [0.05, 0.1) is 5.36 Å². The van der Waals surface area contributed by atoms with Gasteiger partial charge in [-0.25, -0.2) is 9.79 Å². The maximum absolute atomic E-state index is 10.7. The smallest absolute Gasteiger partial charge is 0.351 e. The van der Waals surface area contributed by atoms with E-state index in [-0.39, 0.29) is 0 Å². The molecule has 1 atom stereocenters. The first kappa shape index (κ1) is 8.26. The second kappa shape index (κ2) is 2.57. The Hall–Kier alpha value is -1.35. The number of fused-ring (bicyclic) bond motifs is 1. The summed E-state index contributed by atoms with van der Waals surface area (Å²) in [5, 5.41) is 10.2. The summed E-state index contributed by atoms with van der Waals surface area (Å²) in [5.41, 5.74) is 0. The molecule has 0 aromatic heterocycles. The highest BCUT2D eigenvalue weighted by Gasteiger charge is 2.35. The van der Waals surface area contributed by atoms with E-state index in [2.05, 4.69) is 4.99 Å². The first-order valence-electron chi connectivity index (χ1n) is 3.72. The zero-order valence-electron chi connectivity index (χ0n) is 6.57. The van der Waals surface area contributed by atoms with E-state index in [0.29, 0.717) is 5.36 Å². The zero-order valence-corrected chi connectivity index (χ0v) is 7.32. The second-order valence-corrected chi connectivity index (χ2v) is 3.37. The van der Waals surface area contributed by atoms with Crippen LogP contribution in [-0.2, 0) is 4.79 Å². The summed E-state index contributed by atoms with van der Waals surface area (Å²) in [6.07, 6.45) is 1.44. The molecule has 1 aromatic rings. The van der Waals surface area contributed by atoms with E-state index in [1.54, 1.807) is 18.2 Å². The fourth-order valence-electron chi connectivity index (χ4n) is 1.23. The molecule has 1 aliphatic rings. The highest BCUT2D eigenvalue weighted by molar-refractivity contribution is 6.37. The van der Waals surface area contributed by atoms with E-state index in [4.69, 9.17) is 16.7 Å². The van der Waals surface area contributed by atoms with Gasteiger partial charge < -0.3 is 5.11 Å². The van der Waals surface area contributed by atoms with Crippen molar-refractivity contribution in [1.29, 1.82) is 0 Å². The van der Waals surface area contributed by atoms with Gasteiger partial charge in [-0.05, 0) is 12.1 Å². The lowest BCUT2D eigenvalue weighted by Crippen LogP contribution is -2.26. The molecule has 1 aromatic carbocycles. The molecule has 4 heteroatoms. The number of benzene rings is 1. The maximum Gasteiger partial charge on any atom is 0.351 e. The van der Waals surface area contributed by atoms with Crippen molar-refractivity contribution in [2.75, 3.05) is 0 Å². The number of carbonyl (C=O) groups is 1. The predicted molar refractivity (Wildman–Crippen MR) is 47.9 cm³/mol. The largest absolute Gasteiger partial charge is 0.478 e. The third-order valence-electron chi connectivity index (χ3n) is 1.87. The van der Waals surface area contributed by atoms with E-state index < -0.39 is 11.0 Å². The number of carboxylic acid groups (broad SMARTS) is 1. The zero-order chi connectivity index (χ0) is 9.47. The number of hydrogen-bond acceptors (Lipinski definition) is 2. The average molecular weight is 196 g/mol. The molecule has 3 nitrogen and oxygen atoms in total. The molecule has 1 unspecified atom stereocenters. The third kappa shape index (κ3) is 1.21. The van der Waals surface area contributed by atoms with Crippen LogP contribution >= 0.6 is 11.6 Å². The van der Waals surface area contributed by atoms with Gasteiger partial charge in [-0.2, -0.15) is 0 Å². The SMILES string of the molecule is O=C(O)C1(Cl)C=c2ccccc2=N1. The van der Waals surface area contributed by atoms with Gasteiger partial charge in [0.25, 0.3) is 0 Å². The van der Waals surface area contributed by atoms with E-state index in [1.165, 1.54) is 6.08 Å². The van der Waals surface area contributed by atoms with Crippen molar-refractivity contribution in [3.63, 3.8) is 0 Å². The van der Waals surface area contributed by atoms with Gasteiger partial charge >= 0.3 is 5.97 Å². The van der Waals surface area contributed by atoms with Crippen LogP contribution in [0.4, 0.5) is 0 Å². The van der Waals surface area contributed by atoms with Crippen molar-refractivity contribution in [1.82, 2.24) is 0 Å². The minimum atomic E-state index is -1.61. The quantitative estimate of drug-likeness (QED) is 0.511. The molecule has 1 heterocycles. The van der Waals surface area contributed by atoms with Gasteiger partial charge in [-0.15, -0.1) is 0 Å². The topological polar surface area (TPSA) is 49.7 Å². The summed E-state index contributed by atoms with van der Waals surface area (Å²) in [5.74, 6) is -1.15. The van der Waals surface area contributed by atoms with Crippen LogP contribution in [0.1, 0.15) is 0 Å². The predicted octanol–water partition coefficient (Wildman–Crippen LogP) is 0.120. The molecule has 0 amide bonds. The molecule has 0 fully saturated rings. The molecule has 0 radical (unpaired) electrons. The number of para-hydroxylation sites is 1. The van der Waals surface area contributed by atoms with Gasteiger partial charge in [0.2, 0.25) is 5.00 Å².